The molecule has 3 rings (SSSR count). The Bertz CT molecular complexity index is 765. The highest BCUT2D eigenvalue weighted by Gasteiger charge is 2.42. The Labute approximate surface area is 136 Å². The van der Waals surface area contributed by atoms with Crippen LogP contribution in [-0.2, 0) is 4.79 Å². The number of rotatable bonds is 3. The molecule has 2 unspecified atom stereocenters. The van der Waals surface area contributed by atoms with Crippen LogP contribution in [0.25, 0.3) is 0 Å². The van der Waals surface area contributed by atoms with Crippen molar-refractivity contribution >= 4 is 17.4 Å². The van der Waals surface area contributed by atoms with E-state index in [2.05, 4.69) is 5.10 Å². The quantitative estimate of drug-likeness (QED) is 0.934. The number of para-hydroxylation sites is 1. The van der Waals surface area contributed by atoms with Crippen LogP contribution >= 0.6 is 0 Å². The minimum Gasteiger partial charge on any atom is -0.481 e. The van der Waals surface area contributed by atoms with E-state index in [1.165, 1.54) is 0 Å². The van der Waals surface area contributed by atoms with E-state index in [0.29, 0.717) is 5.71 Å². The van der Waals surface area contributed by atoms with E-state index in [1.54, 1.807) is 6.92 Å². The second-order valence-corrected chi connectivity index (χ2v) is 6.04. The van der Waals surface area contributed by atoms with Crippen molar-refractivity contribution in [3.05, 3.63) is 65.2 Å². The van der Waals surface area contributed by atoms with Crippen molar-refractivity contribution in [3.8, 4) is 0 Å². The van der Waals surface area contributed by atoms with Gasteiger partial charge in [-0.3, -0.25) is 9.80 Å². The molecule has 1 aliphatic heterocycles. The minimum absolute atomic E-state index is 0.325. The molecule has 1 heterocycles. The molecule has 0 saturated carbocycles. The molecule has 4 heteroatoms. The SMILES string of the molecule is CC1=NN(c2ccccc2C)C(c2ccc(C)cc2)C1C(=O)O. The van der Waals surface area contributed by atoms with Crippen LogP contribution in [0.5, 0.6) is 0 Å². The number of carboxylic acids is 1. The first kappa shape index (κ1) is 15.3. The number of carboxylic acid groups (broad SMARTS) is 1. The predicted molar refractivity (Wildman–Crippen MR) is 91.8 cm³/mol. The number of aryl methyl sites for hydroxylation is 2. The lowest BCUT2D eigenvalue weighted by Crippen LogP contribution is -2.30. The molecule has 2 aromatic rings. The van der Waals surface area contributed by atoms with Crippen molar-refractivity contribution in [3.63, 3.8) is 0 Å². The van der Waals surface area contributed by atoms with E-state index in [-0.39, 0.29) is 6.04 Å². The van der Waals surface area contributed by atoms with E-state index < -0.39 is 11.9 Å². The van der Waals surface area contributed by atoms with Gasteiger partial charge >= 0.3 is 5.97 Å². The van der Waals surface area contributed by atoms with E-state index in [0.717, 1.165) is 22.4 Å². The summed E-state index contributed by atoms with van der Waals surface area (Å²) in [4.78, 5) is 11.8. The molecule has 2 atom stereocenters. The average molecular weight is 308 g/mol. The van der Waals surface area contributed by atoms with Crippen molar-refractivity contribution in [1.29, 1.82) is 0 Å². The zero-order chi connectivity index (χ0) is 16.6. The first-order chi connectivity index (χ1) is 11.0. The van der Waals surface area contributed by atoms with E-state index in [1.807, 2.05) is 67.4 Å². The van der Waals surface area contributed by atoms with Gasteiger partial charge in [0.25, 0.3) is 0 Å². The number of benzene rings is 2. The first-order valence-corrected chi connectivity index (χ1v) is 7.68. The standard InChI is InChI=1S/C19H20N2O2/c1-12-8-10-15(11-9-12)18-17(19(22)23)14(3)20-21(18)16-7-5-4-6-13(16)2/h4-11,17-18H,1-3H3,(H,22,23). The number of carbonyl (C=O) groups is 1. The maximum Gasteiger partial charge on any atom is 0.314 e. The van der Waals surface area contributed by atoms with Gasteiger partial charge in [0.05, 0.1) is 17.4 Å². The lowest BCUT2D eigenvalue weighted by molar-refractivity contribution is -0.139. The summed E-state index contributed by atoms with van der Waals surface area (Å²) in [5.74, 6) is -1.48. The van der Waals surface area contributed by atoms with Gasteiger partial charge in [-0.05, 0) is 38.0 Å². The van der Waals surface area contributed by atoms with Crippen molar-refractivity contribution in [2.24, 2.45) is 11.0 Å². The molecule has 0 aromatic heterocycles. The van der Waals surface area contributed by atoms with Gasteiger partial charge in [0.2, 0.25) is 0 Å². The molecule has 0 radical (unpaired) electrons. The second-order valence-electron chi connectivity index (χ2n) is 6.04. The van der Waals surface area contributed by atoms with Crippen LogP contribution in [0.4, 0.5) is 5.69 Å². The summed E-state index contributed by atoms with van der Waals surface area (Å²) in [6.07, 6.45) is 0. The van der Waals surface area contributed by atoms with Gasteiger partial charge in [-0.25, -0.2) is 0 Å². The zero-order valence-corrected chi connectivity index (χ0v) is 13.5. The van der Waals surface area contributed by atoms with Crippen LogP contribution in [0.3, 0.4) is 0 Å². The van der Waals surface area contributed by atoms with Gasteiger partial charge in [0.15, 0.2) is 0 Å². The van der Waals surface area contributed by atoms with Crippen LogP contribution in [0.1, 0.15) is 29.7 Å². The molecule has 2 aromatic carbocycles. The Hall–Kier alpha value is -2.62. The van der Waals surface area contributed by atoms with Crippen molar-refractivity contribution in [2.45, 2.75) is 26.8 Å². The summed E-state index contributed by atoms with van der Waals surface area (Å²) in [5.41, 5.74) is 4.77. The number of hydrogen-bond acceptors (Lipinski definition) is 3. The maximum atomic E-state index is 11.8. The number of aliphatic carboxylic acids is 1. The fourth-order valence-corrected chi connectivity index (χ4v) is 3.10. The number of anilines is 1. The van der Waals surface area contributed by atoms with Crippen molar-refractivity contribution < 1.29 is 9.90 Å². The predicted octanol–water partition coefficient (Wildman–Crippen LogP) is 3.94. The molecule has 1 aliphatic rings. The molecule has 0 aliphatic carbocycles. The Morgan fingerprint density at radius 1 is 1.04 bits per heavy atom. The lowest BCUT2D eigenvalue weighted by atomic mass is 9.90. The Morgan fingerprint density at radius 2 is 1.70 bits per heavy atom. The summed E-state index contributed by atoms with van der Waals surface area (Å²) in [7, 11) is 0. The van der Waals surface area contributed by atoms with Crippen LogP contribution in [-0.4, -0.2) is 16.8 Å². The number of nitrogens with zero attached hydrogens (tertiary/aromatic N) is 2. The zero-order valence-electron chi connectivity index (χ0n) is 13.5. The fourth-order valence-electron chi connectivity index (χ4n) is 3.10. The van der Waals surface area contributed by atoms with Gasteiger partial charge in [-0.15, -0.1) is 0 Å². The molecule has 23 heavy (non-hydrogen) atoms. The molecule has 4 nitrogen and oxygen atoms in total. The minimum atomic E-state index is -0.840. The molecule has 0 fully saturated rings. The lowest BCUT2D eigenvalue weighted by Gasteiger charge is -2.28. The third kappa shape index (κ3) is 2.72. The van der Waals surface area contributed by atoms with Gasteiger partial charge < -0.3 is 5.11 Å². The summed E-state index contributed by atoms with van der Waals surface area (Å²) in [5, 5.41) is 16.1. The molecule has 118 valence electrons. The monoisotopic (exact) mass is 308 g/mol. The van der Waals surface area contributed by atoms with Gasteiger partial charge in [-0.2, -0.15) is 5.10 Å². The van der Waals surface area contributed by atoms with Crippen molar-refractivity contribution in [1.82, 2.24) is 0 Å². The molecule has 1 N–H and O–H groups in total. The van der Waals surface area contributed by atoms with E-state index in [4.69, 9.17) is 0 Å². The van der Waals surface area contributed by atoms with Crippen LogP contribution in [0.15, 0.2) is 53.6 Å². The normalized spacial score (nSPS) is 20.5. The molecular weight excluding hydrogens is 288 g/mol. The molecule has 0 spiro atoms. The number of hydrogen-bond donors (Lipinski definition) is 1. The fraction of sp³-hybridized carbons (Fsp3) is 0.263. The van der Waals surface area contributed by atoms with Gasteiger partial charge in [0, 0.05) is 0 Å². The highest BCUT2D eigenvalue weighted by atomic mass is 16.4. The summed E-state index contributed by atoms with van der Waals surface area (Å²) >= 11 is 0. The van der Waals surface area contributed by atoms with E-state index in [9.17, 15) is 9.90 Å². The highest BCUT2D eigenvalue weighted by molar-refractivity contribution is 6.03. The van der Waals surface area contributed by atoms with Crippen LogP contribution in [0.2, 0.25) is 0 Å². The largest absolute Gasteiger partial charge is 0.481 e. The Morgan fingerprint density at radius 3 is 2.30 bits per heavy atom. The highest BCUT2D eigenvalue weighted by Crippen LogP contribution is 2.40. The number of hydrazone groups is 1. The maximum absolute atomic E-state index is 11.8. The third-order valence-corrected chi connectivity index (χ3v) is 4.34. The summed E-state index contributed by atoms with van der Waals surface area (Å²) < 4.78 is 0. The Balaban J connectivity index is 2.11. The third-order valence-electron chi connectivity index (χ3n) is 4.34. The Kier molecular flexibility index (Phi) is 3.90. The topological polar surface area (TPSA) is 52.9 Å². The smallest absolute Gasteiger partial charge is 0.314 e. The second kappa shape index (κ2) is 5.88. The van der Waals surface area contributed by atoms with Gasteiger partial charge in [-0.1, -0.05) is 48.0 Å². The molecule has 0 saturated heterocycles. The van der Waals surface area contributed by atoms with E-state index >= 15 is 0 Å². The van der Waals surface area contributed by atoms with Crippen LogP contribution < -0.4 is 5.01 Å². The summed E-state index contributed by atoms with van der Waals surface area (Å²) in [6, 6.07) is 15.6. The summed E-state index contributed by atoms with van der Waals surface area (Å²) in [6.45, 7) is 5.83. The average Bonchev–Trinajstić information content (AvgIpc) is 2.86. The van der Waals surface area contributed by atoms with Crippen molar-refractivity contribution in [2.75, 3.05) is 5.01 Å². The van der Waals surface area contributed by atoms with Gasteiger partial charge in [0.1, 0.15) is 5.92 Å². The molecule has 0 bridgehead atoms. The van der Waals surface area contributed by atoms with Crippen LogP contribution in [0, 0.1) is 19.8 Å². The molecular formula is C19H20N2O2. The first-order valence-electron chi connectivity index (χ1n) is 7.68. The molecule has 0 amide bonds.